The Labute approximate surface area is 144 Å². The summed E-state index contributed by atoms with van der Waals surface area (Å²) in [4.78, 5) is 17.6. The van der Waals surface area contributed by atoms with Crippen LogP contribution in [0.15, 0.2) is 29.3 Å². The third kappa shape index (κ3) is 7.31. The molecule has 0 aliphatic heterocycles. The summed E-state index contributed by atoms with van der Waals surface area (Å²) in [7, 11) is 3.48. The van der Waals surface area contributed by atoms with E-state index in [9.17, 15) is 4.79 Å². The number of rotatable bonds is 6. The number of guanidine groups is 1. The van der Waals surface area contributed by atoms with Crippen molar-refractivity contribution in [2.24, 2.45) is 10.7 Å². The Balaban J connectivity index is 0.00000400. The van der Waals surface area contributed by atoms with Crippen LogP contribution in [-0.4, -0.2) is 37.4 Å². The van der Waals surface area contributed by atoms with Gasteiger partial charge in [0.25, 0.3) is 5.91 Å². The molecule has 5 nitrogen and oxygen atoms in total. The summed E-state index contributed by atoms with van der Waals surface area (Å²) in [6.45, 7) is 3.50. The Kier molecular flexibility index (Phi) is 9.77. The second kappa shape index (κ2) is 10.4. The first-order valence-electron chi connectivity index (χ1n) is 6.89. The summed E-state index contributed by atoms with van der Waals surface area (Å²) in [5.41, 5.74) is 7.46. The van der Waals surface area contributed by atoms with Crippen molar-refractivity contribution in [3.8, 4) is 0 Å². The van der Waals surface area contributed by atoms with Crippen LogP contribution in [0.2, 0.25) is 0 Å². The molecule has 0 atom stereocenters. The van der Waals surface area contributed by atoms with E-state index in [1.165, 1.54) is 0 Å². The van der Waals surface area contributed by atoms with Crippen molar-refractivity contribution in [2.75, 3.05) is 20.6 Å². The number of nitrogens with zero attached hydrogens (tertiary/aromatic N) is 2. The van der Waals surface area contributed by atoms with Crippen molar-refractivity contribution in [3.05, 3.63) is 35.4 Å². The molecule has 1 aromatic rings. The molecule has 0 spiro atoms. The molecule has 0 bridgehead atoms. The molecular weight excluding hydrogens is 379 g/mol. The van der Waals surface area contributed by atoms with E-state index in [1.54, 1.807) is 19.0 Å². The van der Waals surface area contributed by atoms with Gasteiger partial charge in [0.1, 0.15) is 0 Å². The first kappa shape index (κ1) is 19.7. The molecule has 1 rings (SSSR count). The molecule has 21 heavy (non-hydrogen) atoms. The van der Waals surface area contributed by atoms with Crippen LogP contribution in [0.5, 0.6) is 0 Å². The second-order valence-corrected chi connectivity index (χ2v) is 4.88. The minimum atomic E-state index is 0. The maximum absolute atomic E-state index is 11.7. The maximum Gasteiger partial charge on any atom is 0.253 e. The quantitative estimate of drug-likeness (QED) is 0.331. The molecule has 1 amide bonds. The number of carbonyl (C=O) groups excluding carboxylic acids is 1. The van der Waals surface area contributed by atoms with Crippen LogP contribution in [0.3, 0.4) is 0 Å². The molecule has 3 N–H and O–H groups in total. The van der Waals surface area contributed by atoms with Crippen LogP contribution in [0.1, 0.15) is 35.7 Å². The number of nitrogens with two attached hydrogens (primary N) is 1. The molecule has 1 aromatic carbocycles. The lowest BCUT2D eigenvalue weighted by atomic mass is 10.1. The number of aliphatic imine (C=N–C) groups is 1. The van der Waals surface area contributed by atoms with E-state index in [1.807, 2.05) is 24.3 Å². The Morgan fingerprint density at radius 1 is 1.29 bits per heavy atom. The fraction of sp³-hybridized carbons (Fsp3) is 0.467. The van der Waals surface area contributed by atoms with Crippen LogP contribution in [0.4, 0.5) is 0 Å². The topological polar surface area (TPSA) is 70.7 Å². The minimum Gasteiger partial charge on any atom is -0.370 e. The van der Waals surface area contributed by atoms with Gasteiger partial charge in [0.2, 0.25) is 0 Å². The molecule has 0 heterocycles. The third-order valence-corrected chi connectivity index (χ3v) is 2.88. The Bertz CT molecular complexity index is 457. The molecule has 118 valence electrons. The van der Waals surface area contributed by atoms with Crippen molar-refractivity contribution in [2.45, 2.75) is 26.3 Å². The number of unbranched alkanes of at least 4 members (excludes halogenated alkanes) is 1. The predicted octanol–water partition coefficient (Wildman–Crippen LogP) is 2.21. The van der Waals surface area contributed by atoms with Gasteiger partial charge in [-0.05, 0) is 24.1 Å². The van der Waals surface area contributed by atoms with E-state index in [0.29, 0.717) is 18.1 Å². The Morgan fingerprint density at radius 2 is 1.90 bits per heavy atom. The van der Waals surface area contributed by atoms with Gasteiger partial charge in [-0.3, -0.25) is 4.79 Å². The number of carbonyl (C=O) groups is 1. The molecule has 0 radical (unpaired) electrons. The van der Waals surface area contributed by atoms with E-state index in [4.69, 9.17) is 5.73 Å². The van der Waals surface area contributed by atoms with Crippen LogP contribution >= 0.6 is 24.0 Å². The minimum absolute atomic E-state index is 0. The lowest BCUT2D eigenvalue weighted by Crippen LogP contribution is -2.32. The number of amides is 1. The monoisotopic (exact) mass is 404 g/mol. The normalized spacial score (nSPS) is 10.7. The summed E-state index contributed by atoms with van der Waals surface area (Å²) in [5.74, 6) is 0.465. The van der Waals surface area contributed by atoms with Crippen molar-refractivity contribution in [1.29, 1.82) is 0 Å². The zero-order valence-corrected chi connectivity index (χ0v) is 15.3. The number of hydrogen-bond donors (Lipinski definition) is 2. The van der Waals surface area contributed by atoms with Gasteiger partial charge < -0.3 is 16.0 Å². The Hall–Kier alpha value is -1.31. The summed E-state index contributed by atoms with van der Waals surface area (Å²) in [5, 5.41) is 3.07. The van der Waals surface area contributed by atoms with Crippen LogP contribution < -0.4 is 11.1 Å². The van der Waals surface area contributed by atoms with Gasteiger partial charge in [-0.1, -0.05) is 25.5 Å². The summed E-state index contributed by atoms with van der Waals surface area (Å²) in [6.07, 6.45) is 2.21. The van der Waals surface area contributed by atoms with Crippen molar-refractivity contribution in [3.63, 3.8) is 0 Å². The molecule has 0 aliphatic rings. The molecular formula is C15H25IN4O. The smallest absolute Gasteiger partial charge is 0.253 e. The van der Waals surface area contributed by atoms with Crippen LogP contribution in [0.25, 0.3) is 0 Å². The molecule has 0 unspecified atom stereocenters. The van der Waals surface area contributed by atoms with Gasteiger partial charge in [-0.2, -0.15) is 0 Å². The number of hydrogen-bond acceptors (Lipinski definition) is 2. The average molecular weight is 404 g/mol. The predicted molar refractivity (Wildman–Crippen MR) is 98.1 cm³/mol. The van der Waals surface area contributed by atoms with Crippen molar-refractivity contribution >= 4 is 35.8 Å². The van der Waals surface area contributed by atoms with E-state index >= 15 is 0 Å². The molecule has 6 heteroatoms. The van der Waals surface area contributed by atoms with Gasteiger partial charge >= 0.3 is 0 Å². The zero-order chi connectivity index (χ0) is 15.0. The van der Waals surface area contributed by atoms with Gasteiger partial charge in [-0.15, -0.1) is 24.0 Å². The molecule has 0 saturated heterocycles. The maximum atomic E-state index is 11.7. The first-order chi connectivity index (χ1) is 9.54. The van der Waals surface area contributed by atoms with E-state index in [-0.39, 0.29) is 29.9 Å². The number of benzene rings is 1. The number of nitrogens with one attached hydrogen (secondary N) is 1. The highest BCUT2D eigenvalue weighted by atomic mass is 127. The summed E-state index contributed by atoms with van der Waals surface area (Å²) in [6, 6.07) is 7.43. The highest BCUT2D eigenvalue weighted by Gasteiger charge is 2.06. The highest BCUT2D eigenvalue weighted by Crippen LogP contribution is 2.07. The molecule has 0 saturated carbocycles. The molecule has 0 aliphatic carbocycles. The largest absolute Gasteiger partial charge is 0.370 e. The molecule has 0 aromatic heterocycles. The van der Waals surface area contributed by atoms with Crippen LogP contribution in [-0.2, 0) is 6.54 Å². The standard InChI is InChI=1S/C15H24N4O.HI/c1-4-5-10-17-15(16)18-11-12-6-8-13(9-7-12)14(20)19(2)3;/h6-9H,4-5,10-11H2,1-3H3,(H3,16,17,18);1H. The summed E-state index contributed by atoms with van der Waals surface area (Å²) >= 11 is 0. The zero-order valence-electron chi connectivity index (χ0n) is 12.9. The van der Waals surface area contributed by atoms with E-state index in [2.05, 4.69) is 17.2 Å². The fourth-order valence-electron chi connectivity index (χ4n) is 1.64. The van der Waals surface area contributed by atoms with Crippen molar-refractivity contribution in [1.82, 2.24) is 10.2 Å². The average Bonchev–Trinajstić information content (AvgIpc) is 2.45. The summed E-state index contributed by atoms with van der Waals surface area (Å²) < 4.78 is 0. The van der Waals surface area contributed by atoms with Crippen molar-refractivity contribution < 1.29 is 4.79 Å². The van der Waals surface area contributed by atoms with Gasteiger partial charge in [0.05, 0.1) is 6.54 Å². The second-order valence-electron chi connectivity index (χ2n) is 4.88. The van der Waals surface area contributed by atoms with E-state index < -0.39 is 0 Å². The van der Waals surface area contributed by atoms with Crippen LogP contribution in [0, 0.1) is 0 Å². The Morgan fingerprint density at radius 3 is 2.43 bits per heavy atom. The fourth-order valence-corrected chi connectivity index (χ4v) is 1.64. The number of halogens is 1. The van der Waals surface area contributed by atoms with E-state index in [0.717, 1.165) is 24.9 Å². The van der Waals surface area contributed by atoms with Gasteiger partial charge in [0.15, 0.2) is 5.96 Å². The van der Waals surface area contributed by atoms with Gasteiger partial charge in [0, 0.05) is 26.2 Å². The first-order valence-corrected chi connectivity index (χ1v) is 6.89. The molecule has 0 fully saturated rings. The highest BCUT2D eigenvalue weighted by molar-refractivity contribution is 14.0. The lowest BCUT2D eigenvalue weighted by Gasteiger charge is -2.10. The third-order valence-electron chi connectivity index (χ3n) is 2.88. The SMILES string of the molecule is CCCCNC(N)=NCc1ccc(C(=O)N(C)C)cc1.I. The lowest BCUT2D eigenvalue weighted by molar-refractivity contribution is 0.0827. The van der Waals surface area contributed by atoms with Gasteiger partial charge in [-0.25, -0.2) is 4.99 Å².